The molecule has 33 heavy (non-hydrogen) atoms. The summed E-state index contributed by atoms with van der Waals surface area (Å²) in [7, 11) is 0. The standard InChI is InChI=1S/C32H35N/c1-31(2,3)26-14-20-29(21-15-26)33(30-22-16-27(17-23-30)32(4,5)6)28-18-12-25(13-19-28)24-10-8-7-9-11-24/h7-23H,1-6H3. The highest BCUT2D eigenvalue weighted by Crippen LogP contribution is 2.37. The minimum atomic E-state index is 0.134. The van der Waals surface area contributed by atoms with Gasteiger partial charge in [0, 0.05) is 17.1 Å². The van der Waals surface area contributed by atoms with Crippen LogP contribution in [0.4, 0.5) is 17.1 Å². The van der Waals surface area contributed by atoms with E-state index in [-0.39, 0.29) is 10.8 Å². The second-order valence-electron chi connectivity index (χ2n) is 10.8. The molecule has 0 aliphatic carbocycles. The number of hydrogen-bond donors (Lipinski definition) is 0. The van der Waals surface area contributed by atoms with Crippen LogP contribution in [0.3, 0.4) is 0 Å². The van der Waals surface area contributed by atoms with Crippen LogP contribution in [0, 0.1) is 0 Å². The fraction of sp³-hybridized carbons (Fsp3) is 0.250. The first-order valence-corrected chi connectivity index (χ1v) is 11.8. The smallest absolute Gasteiger partial charge is 0.0462 e. The quantitative estimate of drug-likeness (QED) is 0.310. The zero-order valence-corrected chi connectivity index (χ0v) is 20.8. The van der Waals surface area contributed by atoms with Crippen LogP contribution in [0.15, 0.2) is 103 Å². The first-order chi connectivity index (χ1) is 15.6. The van der Waals surface area contributed by atoms with Crippen LogP contribution in [0.25, 0.3) is 11.1 Å². The summed E-state index contributed by atoms with van der Waals surface area (Å²) in [5, 5.41) is 0. The van der Waals surface area contributed by atoms with Gasteiger partial charge in [-0.25, -0.2) is 0 Å². The highest BCUT2D eigenvalue weighted by atomic mass is 15.1. The first-order valence-electron chi connectivity index (χ1n) is 11.8. The third-order valence-electron chi connectivity index (χ3n) is 6.22. The van der Waals surface area contributed by atoms with Gasteiger partial charge in [0.05, 0.1) is 0 Å². The Hall–Kier alpha value is -3.32. The van der Waals surface area contributed by atoms with Gasteiger partial charge in [-0.2, -0.15) is 0 Å². The van der Waals surface area contributed by atoms with Gasteiger partial charge in [0.25, 0.3) is 0 Å². The van der Waals surface area contributed by atoms with Crippen molar-refractivity contribution in [3.63, 3.8) is 0 Å². The average molecular weight is 434 g/mol. The molecule has 1 nitrogen and oxygen atoms in total. The van der Waals surface area contributed by atoms with Crippen molar-refractivity contribution in [2.75, 3.05) is 4.90 Å². The molecule has 0 saturated carbocycles. The lowest BCUT2D eigenvalue weighted by Crippen LogP contribution is -2.14. The van der Waals surface area contributed by atoms with Crippen molar-refractivity contribution in [3.8, 4) is 11.1 Å². The number of anilines is 3. The van der Waals surface area contributed by atoms with E-state index in [4.69, 9.17) is 0 Å². The van der Waals surface area contributed by atoms with Crippen LogP contribution in [-0.4, -0.2) is 0 Å². The topological polar surface area (TPSA) is 3.24 Å². The summed E-state index contributed by atoms with van der Waals surface area (Å²) in [6.07, 6.45) is 0. The fourth-order valence-electron chi connectivity index (χ4n) is 4.10. The number of benzene rings is 4. The van der Waals surface area contributed by atoms with Gasteiger partial charge < -0.3 is 4.90 Å². The zero-order valence-electron chi connectivity index (χ0n) is 20.8. The van der Waals surface area contributed by atoms with Crippen molar-refractivity contribution < 1.29 is 0 Å². The van der Waals surface area contributed by atoms with E-state index < -0.39 is 0 Å². The average Bonchev–Trinajstić information content (AvgIpc) is 2.80. The van der Waals surface area contributed by atoms with Crippen LogP contribution < -0.4 is 4.90 Å². The molecule has 1 heteroatoms. The lowest BCUT2D eigenvalue weighted by Gasteiger charge is -2.28. The van der Waals surface area contributed by atoms with E-state index in [0.717, 1.165) is 5.69 Å². The molecule has 0 amide bonds. The number of nitrogens with zero attached hydrogens (tertiary/aromatic N) is 1. The lowest BCUT2D eigenvalue weighted by atomic mass is 9.86. The van der Waals surface area contributed by atoms with E-state index in [1.54, 1.807) is 0 Å². The Balaban J connectivity index is 1.76. The highest BCUT2D eigenvalue weighted by Gasteiger charge is 2.18. The molecule has 4 aromatic rings. The van der Waals surface area contributed by atoms with Crippen molar-refractivity contribution in [2.24, 2.45) is 0 Å². The van der Waals surface area contributed by atoms with Crippen molar-refractivity contribution in [3.05, 3.63) is 114 Å². The molecule has 168 valence electrons. The molecule has 0 aromatic heterocycles. The molecule has 4 aromatic carbocycles. The fourth-order valence-corrected chi connectivity index (χ4v) is 4.10. The van der Waals surface area contributed by atoms with Gasteiger partial charge in [-0.3, -0.25) is 0 Å². The molecule has 0 aliphatic heterocycles. The Morgan fingerprint density at radius 3 is 1.09 bits per heavy atom. The Morgan fingerprint density at radius 1 is 0.394 bits per heavy atom. The molecule has 0 bridgehead atoms. The van der Waals surface area contributed by atoms with Gasteiger partial charge in [-0.1, -0.05) is 108 Å². The number of rotatable bonds is 4. The maximum atomic E-state index is 2.34. The monoisotopic (exact) mass is 433 g/mol. The Morgan fingerprint density at radius 2 is 0.727 bits per heavy atom. The van der Waals surface area contributed by atoms with E-state index >= 15 is 0 Å². The highest BCUT2D eigenvalue weighted by molar-refractivity contribution is 5.78. The molecule has 0 heterocycles. The largest absolute Gasteiger partial charge is 0.311 e. The molecule has 4 rings (SSSR count). The molecule has 0 spiro atoms. The summed E-state index contributed by atoms with van der Waals surface area (Å²) >= 11 is 0. The third-order valence-corrected chi connectivity index (χ3v) is 6.22. The van der Waals surface area contributed by atoms with Gasteiger partial charge in [0.1, 0.15) is 0 Å². The molecule has 0 saturated heterocycles. The number of hydrogen-bond acceptors (Lipinski definition) is 1. The van der Waals surface area contributed by atoms with Crippen molar-refractivity contribution in [2.45, 2.75) is 52.4 Å². The minimum Gasteiger partial charge on any atom is -0.311 e. The van der Waals surface area contributed by atoms with Gasteiger partial charge in [-0.15, -0.1) is 0 Å². The summed E-state index contributed by atoms with van der Waals surface area (Å²) in [6, 6.07) is 37.4. The molecular formula is C32H35N. The maximum Gasteiger partial charge on any atom is 0.0462 e. The zero-order chi connectivity index (χ0) is 23.6. The van der Waals surface area contributed by atoms with Crippen LogP contribution in [0.2, 0.25) is 0 Å². The molecular weight excluding hydrogens is 398 g/mol. The molecule has 0 N–H and O–H groups in total. The van der Waals surface area contributed by atoms with E-state index in [1.165, 1.54) is 33.6 Å². The van der Waals surface area contributed by atoms with Gasteiger partial charge in [0.2, 0.25) is 0 Å². The first kappa shape index (κ1) is 22.9. The predicted octanol–water partition coefficient (Wildman–Crippen LogP) is 9.42. The molecule has 0 unspecified atom stereocenters. The molecule has 0 fully saturated rings. The van der Waals surface area contributed by atoms with Gasteiger partial charge >= 0.3 is 0 Å². The van der Waals surface area contributed by atoms with Gasteiger partial charge in [0.15, 0.2) is 0 Å². The van der Waals surface area contributed by atoms with E-state index in [2.05, 4.69) is 150 Å². The second kappa shape index (κ2) is 8.90. The van der Waals surface area contributed by atoms with E-state index in [0.29, 0.717) is 0 Å². The van der Waals surface area contributed by atoms with E-state index in [9.17, 15) is 0 Å². The SMILES string of the molecule is CC(C)(C)c1ccc(N(c2ccc(-c3ccccc3)cc2)c2ccc(C(C)(C)C)cc2)cc1. The van der Waals surface area contributed by atoms with Crippen molar-refractivity contribution >= 4 is 17.1 Å². The molecule has 0 radical (unpaired) electrons. The summed E-state index contributed by atoms with van der Waals surface area (Å²) < 4.78 is 0. The van der Waals surface area contributed by atoms with Crippen LogP contribution in [0.5, 0.6) is 0 Å². The second-order valence-corrected chi connectivity index (χ2v) is 10.8. The van der Waals surface area contributed by atoms with Crippen molar-refractivity contribution in [1.29, 1.82) is 0 Å². The predicted molar refractivity (Wildman–Crippen MR) is 144 cm³/mol. The van der Waals surface area contributed by atoms with Crippen LogP contribution in [-0.2, 0) is 10.8 Å². The minimum absolute atomic E-state index is 0.134. The summed E-state index contributed by atoms with van der Waals surface area (Å²) in [5.74, 6) is 0. The summed E-state index contributed by atoms with van der Waals surface area (Å²) in [5.41, 5.74) is 8.90. The van der Waals surface area contributed by atoms with E-state index in [1.807, 2.05) is 0 Å². The third kappa shape index (κ3) is 5.20. The van der Waals surface area contributed by atoms with Crippen LogP contribution in [0.1, 0.15) is 52.7 Å². The normalized spacial score (nSPS) is 11.9. The maximum absolute atomic E-state index is 2.34. The Kier molecular flexibility index (Phi) is 6.17. The molecule has 0 aliphatic rings. The lowest BCUT2D eigenvalue weighted by molar-refractivity contribution is 0.590. The summed E-state index contributed by atoms with van der Waals surface area (Å²) in [4.78, 5) is 2.34. The van der Waals surface area contributed by atoms with Crippen LogP contribution >= 0.6 is 0 Å². The summed E-state index contributed by atoms with van der Waals surface area (Å²) in [6.45, 7) is 13.5. The van der Waals surface area contributed by atoms with Gasteiger partial charge in [-0.05, 0) is 69.5 Å². The Labute approximate surface area is 199 Å². The van der Waals surface area contributed by atoms with Crippen molar-refractivity contribution in [1.82, 2.24) is 0 Å². The Bertz CT molecular complexity index is 1110. The molecule has 0 atom stereocenters.